The Bertz CT molecular complexity index is 487. The zero-order valence-electron chi connectivity index (χ0n) is 13.6. The van der Waals surface area contributed by atoms with Gasteiger partial charge in [-0.1, -0.05) is 0 Å². The third-order valence-electron chi connectivity index (χ3n) is 4.16. The van der Waals surface area contributed by atoms with Crippen LogP contribution >= 0.6 is 0 Å². The summed E-state index contributed by atoms with van der Waals surface area (Å²) in [5.74, 6) is 1.44. The van der Waals surface area contributed by atoms with Crippen molar-refractivity contribution in [1.82, 2.24) is 4.90 Å². The van der Waals surface area contributed by atoms with Gasteiger partial charge >= 0.3 is 0 Å². The molecule has 5 nitrogen and oxygen atoms in total. The van der Waals surface area contributed by atoms with E-state index < -0.39 is 6.10 Å². The first-order valence-corrected chi connectivity index (χ1v) is 7.89. The minimum Gasteiger partial charge on any atom is -0.497 e. The van der Waals surface area contributed by atoms with Crippen molar-refractivity contribution < 1.29 is 14.3 Å². The lowest BCUT2D eigenvalue weighted by Gasteiger charge is -2.39. The van der Waals surface area contributed by atoms with E-state index in [1.54, 1.807) is 14.0 Å². The first-order valence-electron chi connectivity index (χ1n) is 7.89. The molecule has 2 rings (SSSR count). The number of likely N-dealkylation sites (tertiary alicyclic amines) is 1. The van der Waals surface area contributed by atoms with Gasteiger partial charge in [-0.25, -0.2) is 0 Å². The molecule has 2 N–H and O–H groups in total. The fraction of sp³-hybridized carbons (Fsp3) is 0.588. The first-order chi connectivity index (χ1) is 10.5. The lowest BCUT2D eigenvalue weighted by atomic mass is 9.96. The maximum Gasteiger partial charge on any atom is 0.263 e. The Morgan fingerprint density at radius 3 is 2.45 bits per heavy atom. The Hall–Kier alpha value is -1.75. The third kappa shape index (κ3) is 3.91. The van der Waals surface area contributed by atoms with Gasteiger partial charge in [0, 0.05) is 18.6 Å². The number of methoxy groups -OCH3 is 1. The molecular formula is C17H26N2O3. The SMILES string of the molecule is COc1ccc(OC(C)C(=O)N2CCCCC2C(C)N)cc1. The van der Waals surface area contributed by atoms with Crippen LogP contribution < -0.4 is 15.2 Å². The number of rotatable bonds is 5. The first kappa shape index (κ1) is 16.6. The number of nitrogens with zero attached hydrogens (tertiary/aromatic N) is 1. The summed E-state index contributed by atoms with van der Waals surface area (Å²) in [7, 11) is 1.62. The molecule has 5 heteroatoms. The number of ether oxygens (including phenoxy) is 2. The number of hydrogen-bond acceptors (Lipinski definition) is 4. The van der Waals surface area contributed by atoms with Crippen molar-refractivity contribution in [2.75, 3.05) is 13.7 Å². The molecule has 1 aromatic rings. The minimum absolute atomic E-state index is 0.0119. The van der Waals surface area contributed by atoms with Gasteiger partial charge in [0.15, 0.2) is 6.10 Å². The van der Waals surface area contributed by atoms with Crippen LogP contribution in [0.4, 0.5) is 0 Å². The van der Waals surface area contributed by atoms with Gasteiger partial charge in [0.2, 0.25) is 0 Å². The molecule has 1 aliphatic rings. The second-order valence-corrected chi connectivity index (χ2v) is 5.89. The fourth-order valence-corrected chi connectivity index (χ4v) is 2.92. The number of carbonyl (C=O) groups excluding carboxylic acids is 1. The van der Waals surface area contributed by atoms with Gasteiger partial charge in [-0.2, -0.15) is 0 Å². The monoisotopic (exact) mass is 306 g/mol. The molecule has 0 spiro atoms. The topological polar surface area (TPSA) is 64.8 Å². The molecule has 1 aliphatic heterocycles. The molecule has 1 fully saturated rings. The molecule has 1 saturated heterocycles. The maximum absolute atomic E-state index is 12.7. The quantitative estimate of drug-likeness (QED) is 0.905. The Kier molecular flexibility index (Phi) is 5.66. The molecule has 0 aromatic heterocycles. The highest BCUT2D eigenvalue weighted by Gasteiger charge is 2.32. The summed E-state index contributed by atoms with van der Waals surface area (Å²) in [6.45, 7) is 4.52. The van der Waals surface area contributed by atoms with Crippen molar-refractivity contribution in [3.8, 4) is 11.5 Å². The number of amides is 1. The highest BCUT2D eigenvalue weighted by molar-refractivity contribution is 5.81. The van der Waals surface area contributed by atoms with E-state index in [1.807, 2.05) is 36.1 Å². The zero-order valence-corrected chi connectivity index (χ0v) is 13.6. The summed E-state index contributed by atoms with van der Waals surface area (Å²) in [6.07, 6.45) is 2.61. The van der Waals surface area contributed by atoms with Crippen LogP contribution in [-0.4, -0.2) is 42.6 Å². The van der Waals surface area contributed by atoms with E-state index in [0.29, 0.717) is 5.75 Å². The van der Waals surface area contributed by atoms with Crippen LogP contribution in [0.3, 0.4) is 0 Å². The van der Waals surface area contributed by atoms with E-state index in [1.165, 1.54) is 0 Å². The normalized spacial score (nSPS) is 21.1. The van der Waals surface area contributed by atoms with Gasteiger partial charge in [-0.3, -0.25) is 4.79 Å². The van der Waals surface area contributed by atoms with E-state index in [2.05, 4.69) is 0 Å². The Balaban J connectivity index is 2.00. The smallest absolute Gasteiger partial charge is 0.263 e. The number of carbonyl (C=O) groups is 1. The van der Waals surface area contributed by atoms with E-state index in [0.717, 1.165) is 31.6 Å². The van der Waals surface area contributed by atoms with E-state index in [4.69, 9.17) is 15.2 Å². The van der Waals surface area contributed by atoms with Crippen LogP contribution in [-0.2, 0) is 4.79 Å². The predicted molar refractivity (Wildman–Crippen MR) is 86.1 cm³/mol. The molecule has 1 aromatic carbocycles. The molecule has 122 valence electrons. The van der Waals surface area contributed by atoms with Gasteiger partial charge in [-0.05, 0) is 57.4 Å². The molecule has 3 atom stereocenters. The predicted octanol–water partition coefficient (Wildman–Crippen LogP) is 2.19. The zero-order chi connectivity index (χ0) is 16.1. The summed E-state index contributed by atoms with van der Waals surface area (Å²) >= 11 is 0. The van der Waals surface area contributed by atoms with Crippen LogP contribution in [0.25, 0.3) is 0 Å². The van der Waals surface area contributed by atoms with Gasteiger partial charge in [0.25, 0.3) is 5.91 Å². The average molecular weight is 306 g/mol. The Labute approximate surface area is 132 Å². The highest BCUT2D eigenvalue weighted by Crippen LogP contribution is 2.22. The van der Waals surface area contributed by atoms with Crippen molar-refractivity contribution >= 4 is 5.91 Å². The number of hydrogen-bond donors (Lipinski definition) is 1. The van der Waals surface area contributed by atoms with Gasteiger partial charge in [-0.15, -0.1) is 0 Å². The van der Waals surface area contributed by atoms with Crippen LogP contribution in [0.5, 0.6) is 11.5 Å². The summed E-state index contributed by atoms with van der Waals surface area (Å²) in [6, 6.07) is 7.35. The van der Waals surface area contributed by atoms with Crippen molar-refractivity contribution in [3.05, 3.63) is 24.3 Å². The third-order valence-corrected chi connectivity index (χ3v) is 4.16. The van der Waals surface area contributed by atoms with E-state index >= 15 is 0 Å². The molecule has 0 saturated carbocycles. The standard InChI is InChI=1S/C17H26N2O3/c1-12(18)16-6-4-5-11-19(16)17(20)13(2)22-15-9-7-14(21-3)8-10-15/h7-10,12-13,16H,4-6,11,18H2,1-3H3. The molecule has 0 radical (unpaired) electrons. The molecule has 1 amide bonds. The van der Waals surface area contributed by atoms with Gasteiger partial charge in [0.05, 0.1) is 7.11 Å². The summed E-state index contributed by atoms with van der Waals surface area (Å²) in [5, 5.41) is 0. The molecule has 22 heavy (non-hydrogen) atoms. The van der Waals surface area contributed by atoms with Crippen LogP contribution in [0.1, 0.15) is 33.1 Å². The van der Waals surface area contributed by atoms with Crippen molar-refractivity contribution in [2.45, 2.75) is 51.3 Å². The summed E-state index contributed by atoms with van der Waals surface area (Å²) in [5.41, 5.74) is 6.03. The lowest BCUT2D eigenvalue weighted by molar-refractivity contribution is -0.142. The molecule has 3 unspecified atom stereocenters. The second-order valence-electron chi connectivity index (χ2n) is 5.89. The maximum atomic E-state index is 12.7. The number of piperidine rings is 1. The van der Waals surface area contributed by atoms with Crippen LogP contribution in [0.15, 0.2) is 24.3 Å². The second kappa shape index (κ2) is 7.49. The largest absolute Gasteiger partial charge is 0.497 e. The van der Waals surface area contributed by atoms with Crippen molar-refractivity contribution in [1.29, 1.82) is 0 Å². The summed E-state index contributed by atoms with van der Waals surface area (Å²) in [4.78, 5) is 14.6. The van der Waals surface area contributed by atoms with Crippen LogP contribution in [0, 0.1) is 0 Å². The highest BCUT2D eigenvalue weighted by atomic mass is 16.5. The van der Waals surface area contributed by atoms with Crippen molar-refractivity contribution in [2.24, 2.45) is 5.73 Å². The Morgan fingerprint density at radius 1 is 1.23 bits per heavy atom. The van der Waals surface area contributed by atoms with E-state index in [-0.39, 0.29) is 18.0 Å². The van der Waals surface area contributed by atoms with E-state index in [9.17, 15) is 4.79 Å². The number of nitrogens with two attached hydrogens (primary N) is 1. The fourth-order valence-electron chi connectivity index (χ4n) is 2.92. The Morgan fingerprint density at radius 2 is 1.86 bits per heavy atom. The van der Waals surface area contributed by atoms with Gasteiger partial charge < -0.3 is 20.1 Å². The summed E-state index contributed by atoms with van der Waals surface area (Å²) < 4.78 is 10.9. The van der Waals surface area contributed by atoms with Gasteiger partial charge in [0.1, 0.15) is 11.5 Å². The van der Waals surface area contributed by atoms with Crippen molar-refractivity contribution in [3.63, 3.8) is 0 Å². The van der Waals surface area contributed by atoms with Crippen LogP contribution in [0.2, 0.25) is 0 Å². The number of benzene rings is 1. The molecule has 0 aliphatic carbocycles. The molecular weight excluding hydrogens is 280 g/mol. The average Bonchev–Trinajstić information content (AvgIpc) is 2.54. The lowest BCUT2D eigenvalue weighted by Crippen LogP contribution is -2.54. The molecule has 1 heterocycles. The minimum atomic E-state index is -0.521. The molecule has 0 bridgehead atoms.